The first kappa shape index (κ1) is 7.96. The predicted molar refractivity (Wildman–Crippen MR) is 44.7 cm³/mol. The van der Waals surface area contributed by atoms with Gasteiger partial charge in [0.15, 0.2) is 0 Å². The SMILES string of the molecule is O=C1CC[C@@H]2CCC[C@H](C1)C2=O. The van der Waals surface area contributed by atoms with E-state index in [0.717, 1.165) is 25.7 Å². The van der Waals surface area contributed by atoms with Crippen LogP contribution in [-0.4, -0.2) is 11.6 Å². The van der Waals surface area contributed by atoms with Crippen LogP contribution in [0, 0.1) is 11.8 Å². The number of rotatable bonds is 0. The molecule has 2 aliphatic carbocycles. The molecule has 2 heteroatoms. The van der Waals surface area contributed by atoms with E-state index >= 15 is 0 Å². The van der Waals surface area contributed by atoms with Gasteiger partial charge in [-0.05, 0) is 19.3 Å². The lowest BCUT2D eigenvalue weighted by Crippen LogP contribution is -2.26. The van der Waals surface area contributed by atoms with E-state index in [1.165, 1.54) is 0 Å². The molecule has 0 unspecified atom stereocenters. The van der Waals surface area contributed by atoms with Crippen molar-refractivity contribution in [1.82, 2.24) is 0 Å². The minimum atomic E-state index is 0.0961. The summed E-state index contributed by atoms with van der Waals surface area (Å²) in [7, 11) is 0. The maximum atomic E-state index is 11.6. The molecule has 2 bridgehead atoms. The Morgan fingerprint density at radius 1 is 1.00 bits per heavy atom. The van der Waals surface area contributed by atoms with Crippen molar-refractivity contribution < 1.29 is 9.59 Å². The summed E-state index contributed by atoms with van der Waals surface area (Å²) in [6.45, 7) is 0. The second-order valence-electron chi connectivity index (χ2n) is 4.01. The molecular weight excluding hydrogens is 152 g/mol. The highest BCUT2D eigenvalue weighted by atomic mass is 16.1. The lowest BCUT2D eigenvalue weighted by Gasteiger charge is -2.23. The standard InChI is InChI=1S/C10H14O2/c11-9-5-4-7-2-1-3-8(6-9)10(7)12/h7-8H,1-6H2/t7-,8+/m0/s1. The molecule has 0 amide bonds. The lowest BCUT2D eigenvalue weighted by atomic mass is 9.79. The molecule has 2 fully saturated rings. The molecule has 0 heterocycles. The minimum Gasteiger partial charge on any atom is -0.300 e. The van der Waals surface area contributed by atoms with Gasteiger partial charge in [0.2, 0.25) is 0 Å². The van der Waals surface area contributed by atoms with Gasteiger partial charge in [-0.15, -0.1) is 0 Å². The summed E-state index contributed by atoms with van der Waals surface area (Å²) in [6, 6.07) is 0. The monoisotopic (exact) mass is 166 g/mol. The predicted octanol–water partition coefficient (Wildman–Crippen LogP) is 1.72. The average Bonchev–Trinajstić information content (AvgIpc) is 2.17. The molecule has 12 heavy (non-hydrogen) atoms. The first-order valence-corrected chi connectivity index (χ1v) is 4.83. The van der Waals surface area contributed by atoms with E-state index < -0.39 is 0 Å². The highest BCUT2D eigenvalue weighted by Gasteiger charge is 2.34. The minimum absolute atomic E-state index is 0.0961. The van der Waals surface area contributed by atoms with E-state index in [1.807, 2.05) is 0 Å². The highest BCUT2D eigenvalue weighted by Crippen LogP contribution is 2.34. The molecule has 2 rings (SSSR count). The highest BCUT2D eigenvalue weighted by molar-refractivity contribution is 5.92. The smallest absolute Gasteiger partial charge is 0.139 e. The Morgan fingerprint density at radius 2 is 1.75 bits per heavy atom. The molecule has 2 nitrogen and oxygen atoms in total. The summed E-state index contributed by atoms with van der Waals surface area (Å²) in [6.07, 6.45) is 5.15. The number of hydrogen-bond donors (Lipinski definition) is 0. The molecular formula is C10H14O2. The normalized spacial score (nSPS) is 36.3. The molecule has 0 aromatic heterocycles. The summed E-state index contributed by atoms with van der Waals surface area (Å²) in [5.41, 5.74) is 0. The van der Waals surface area contributed by atoms with Gasteiger partial charge in [-0.2, -0.15) is 0 Å². The van der Waals surface area contributed by atoms with Crippen LogP contribution in [0.1, 0.15) is 38.5 Å². The van der Waals surface area contributed by atoms with Gasteiger partial charge in [0, 0.05) is 24.7 Å². The van der Waals surface area contributed by atoms with Crippen LogP contribution in [0.15, 0.2) is 0 Å². The number of carbonyl (C=O) groups excluding carboxylic acids is 2. The fraction of sp³-hybridized carbons (Fsp3) is 0.800. The number of hydrogen-bond acceptors (Lipinski definition) is 2. The van der Waals surface area contributed by atoms with E-state index in [2.05, 4.69) is 0 Å². The van der Waals surface area contributed by atoms with Gasteiger partial charge in [0.05, 0.1) is 0 Å². The van der Waals surface area contributed by atoms with Crippen molar-refractivity contribution in [3.05, 3.63) is 0 Å². The van der Waals surface area contributed by atoms with Crippen molar-refractivity contribution in [1.29, 1.82) is 0 Å². The Hall–Kier alpha value is -0.660. The molecule has 0 aromatic rings. The zero-order chi connectivity index (χ0) is 8.55. The number of ketones is 2. The van der Waals surface area contributed by atoms with Crippen LogP contribution in [0.3, 0.4) is 0 Å². The first-order chi connectivity index (χ1) is 5.77. The van der Waals surface area contributed by atoms with Crippen LogP contribution in [0.4, 0.5) is 0 Å². The Labute approximate surface area is 72.3 Å². The topological polar surface area (TPSA) is 34.1 Å². The van der Waals surface area contributed by atoms with Gasteiger partial charge >= 0.3 is 0 Å². The third-order valence-corrected chi connectivity index (χ3v) is 3.16. The number of Topliss-reactive ketones (excluding diaryl/α,β-unsaturated/α-hetero) is 2. The van der Waals surface area contributed by atoms with Crippen molar-refractivity contribution in [2.75, 3.05) is 0 Å². The van der Waals surface area contributed by atoms with Crippen molar-refractivity contribution >= 4 is 11.6 Å². The molecule has 0 saturated heterocycles. The Bertz CT molecular complexity index is 220. The first-order valence-electron chi connectivity index (χ1n) is 4.83. The average molecular weight is 166 g/mol. The van der Waals surface area contributed by atoms with Crippen LogP contribution >= 0.6 is 0 Å². The molecule has 0 aliphatic heterocycles. The summed E-state index contributed by atoms with van der Waals surface area (Å²) >= 11 is 0. The van der Waals surface area contributed by atoms with E-state index in [0.29, 0.717) is 24.4 Å². The van der Waals surface area contributed by atoms with Crippen LogP contribution in [0.25, 0.3) is 0 Å². The fourth-order valence-electron chi connectivity index (χ4n) is 2.43. The zero-order valence-corrected chi connectivity index (χ0v) is 7.21. The molecule has 2 atom stereocenters. The van der Waals surface area contributed by atoms with Gasteiger partial charge < -0.3 is 0 Å². The van der Waals surface area contributed by atoms with Gasteiger partial charge in [0.1, 0.15) is 11.6 Å². The molecule has 0 radical (unpaired) electrons. The maximum Gasteiger partial charge on any atom is 0.139 e. The second-order valence-corrected chi connectivity index (χ2v) is 4.01. The quantitative estimate of drug-likeness (QED) is 0.549. The summed E-state index contributed by atoms with van der Waals surface area (Å²) < 4.78 is 0. The van der Waals surface area contributed by atoms with Crippen LogP contribution in [0.2, 0.25) is 0 Å². The van der Waals surface area contributed by atoms with Gasteiger partial charge in [-0.25, -0.2) is 0 Å². The van der Waals surface area contributed by atoms with Crippen LogP contribution < -0.4 is 0 Å². The van der Waals surface area contributed by atoms with Gasteiger partial charge in [0.25, 0.3) is 0 Å². The molecule has 0 N–H and O–H groups in total. The molecule has 0 spiro atoms. The van der Waals surface area contributed by atoms with Gasteiger partial charge in [-0.1, -0.05) is 6.42 Å². The number of carbonyl (C=O) groups is 2. The lowest BCUT2D eigenvalue weighted by molar-refractivity contribution is -0.130. The Balaban J connectivity index is 2.18. The van der Waals surface area contributed by atoms with E-state index in [-0.39, 0.29) is 11.8 Å². The maximum absolute atomic E-state index is 11.6. The third kappa shape index (κ3) is 1.30. The summed E-state index contributed by atoms with van der Waals surface area (Å²) in [5, 5.41) is 0. The van der Waals surface area contributed by atoms with Crippen molar-refractivity contribution in [3.63, 3.8) is 0 Å². The van der Waals surface area contributed by atoms with E-state index in [9.17, 15) is 9.59 Å². The molecule has 66 valence electrons. The summed E-state index contributed by atoms with van der Waals surface area (Å²) in [5.74, 6) is 1.01. The van der Waals surface area contributed by atoms with Crippen LogP contribution in [0.5, 0.6) is 0 Å². The van der Waals surface area contributed by atoms with Crippen molar-refractivity contribution in [3.8, 4) is 0 Å². The van der Waals surface area contributed by atoms with Gasteiger partial charge in [-0.3, -0.25) is 9.59 Å². The summed E-state index contributed by atoms with van der Waals surface area (Å²) in [4.78, 5) is 22.8. The van der Waals surface area contributed by atoms with E-state index in [4.69, 9.17) is 0 Å². The Kier molecular flexibility index (Phi) is 1.99. The second kappa shape index (κ2) is 3.00. The van der Waals surface area contributed by atoms with E-state index in [1.54, 1.807) is 0 Å². The number of fused-ring (bicyclic) bond motifs is 2. The third-order valence-electron chi connectivity index (χ3n) is 3.16. The van der Waals surface area contributed by atoms with Crippen molar-refractivity contribution in [2.24, 2.45) is 11.8 Å². The van der Waals surface area contributed by atoms with Crippen molar-refractivity contribution in [2.45, 2.75) is 38.5 Å². The largest absolute Gasteiger partial charge is 0.300 e. The molecule has 2 saturated carbocycles. The Morgan fingerprint density at radius 3 is 2.58 bits per heavy atom. The molecule has 0 aromatic carbocycles. The molecule has 2 aliphatic rings. The van der Waals surface area contributed by atoms with Crippen LogP contribution in [-0.2, 0) is 9.59 Å². The fourth-order valence-corrected chi connectivity index (χ4v) is 2.43. The zero-order valence-electron chi connectivity index (χ0n) is 7.21.